The molecule has 0 amide bonds. The van der Waals surface area contributed by atoms with Gasteiger partial charge in [0.2, 0.25) is 0 Å². The van der Waals surface area contributed by atoms with Gasteiger partial charge in [-0.3, -0.25) is 4.79 Å². The number of rotatable bonds is 8. The zero-order valence-corrected chi connectivity index (χ0v) is 15.0. The third kappa shape index (κ3) is 4.93. The fourth-order valence-corrected chi connectivity index (χ4v) is 3.31. The lowest BCUT2D eigenvalue weighted by molar-refractivity contribution is 0.111. The van der Waals surface area contributed by atoms with E-state index in [2.05, 4.69) is 11.8 Å². The highest BCUT2D eigenvalue weighted by Crippen LogP contribution is 2.26. The van der Waals surface area contributed by atoms with Crippen molar-refractivity contribution in [1.82, 2.24) is 4.90 Å². The summed E-state index contributed by atoms with van der Waals surface area (Å²) in [5.74, 6) is 1.16. The van der Waals surface area contributed by atoms with Crippen LogP contribution in [-0.4, -0.2) is 37.4 Å². The predicted octanol–water partition coefficient (Wildman–Crippen LogP) is 4.67. The largest absolute Gasteiger partial charge is 0.493 e. The van der Waals surface area contributed by atoms with Gasteiger partial charge in [-0.1, -0.05) is 43.3 Å². The quantitative estimate of drug-likeness (QED) is 0.656. The van der Waals surface area contributed by atoms with E-state index in [1.165, 1.54) is 25.9 Å². The second-order valence-corrected chi connectivity index (χ2v) is 6.99. The van der Waals surface area contributed by atoms with Crippen LogP contribution in [0.5, 0.6) is 5.75 Å². The molecule has 2 aromatic carbocycles. The Balaban J connectivity index is 1.57. The minimum Gasteiger partial charge on any atom is -0.493 e. The third-order valence-electron chi connectivity index (χ3n) is 4.90. The van der Waals surface area contributed by atoms with Crippen LogP contribution in [0, 0.1) is 5.92 Å². The first kappa shape index (κ1) is 17.7. The van der Waals surface area contributed by atoms with Crippen LogP contribution >= 0.6 is 0 Å². The Hall–Kier alpha value is -2.13. The van der Waals surface area contributed by atoms with E-state index in [0.717, 1.165) is 30.4 Å². The summed E-state index contributed by atoms with van der Waals surface area (Å²) in [7, 11) is 0. The van der Waals surface area contributed by atoms with Crippen molar-refractivity contribution in [3.63, 3.8) is 0 Å². The van der Waals surface area contributed by atoms with Gasteiger partial charge in [-0.05, 0) is 68.1 Å². The lowest BCUT2D eigenvalue weighted by atomic mass is 10.0. The number of hydrogen-bond acceptors (Lipinski definition) is 3. The van der Waals surface area contributed by atoms with E-state index in [4.69, 9.17) is 4.74 Å². The number of aldehydes is 1. The Kier molecular flexibility index (Phi) is 6.24. The molecule has 3 nitrogen and oxygen atoms in total. The smallest absolute Gasteiger partial charge is 0.153 e. The standard InChI is InChI=1S/C22H27NO2/c1-18(11-14-23-12-5-6-13-23)17-25-22-10-9-20(15-21(22)16-24)19-7-3-2-4-8-19/h2-4,7-10,15-16,18H,5-6,11-14,17H2,1H3. The SMILES string of the molecule is CC(CCN1CCCC1)COc1ccc(-c2ccccc2)cc1C=O. The molecule has 0 aliphatic carbocycles. The maximum atomic E-state index is 11.5. The Morgan fingerprint density at radius 3 is 2.56 bits per heavy atom. The number of carbonyl (C=O) groups excluding carboxylic acids is 1. The summed E-state index contributed by atoms with van der Waals surface area (Å²) in [5.41, 5.74) is 2.77. The van der Waals surface area contributed by atoms with Crippen LogP contribution in [0.2, 0.25) is 0 Å². The molecule has 3 heteroatoms. The summed E-state index contributed by atoms with van der Waals surface area (Å²) in [4.78, 5) is 14.0. The zero-order chi connectivity index (χ0) is 17.5. The minimum absolute atomic E-state index is 0.480. The van der Waals surface area contributed by atoms with Crippen molar-refractivity contribution in [3.05, 3.63) is 54.1 Å². The van der Waals surface area contributed by atoms with E-state index < -0.39 is 0 Å². The van der Waals surface area contributed by atoms with Crippen molar-refractivity contribution in [2.75, 3.05) is 26.2 Å². The van der Waals surface area contributed by atoms with Gasteiger partial charge in [-0.2, -0.15) is 0 Å². The van der Waals surface area contributed by atoms with E-state index in [1.807, 2.05) is 48.5 Å². The van der Waals surface area contributed by atoms with Crippen LogP contribution in [0.3, 0.4) is 0 Å². The van der Waals surface area contributed by atoms with Gasteiger partial charge in [-0.15, -0.1) is 0 Å². The second kappa shape index (κ2) is 8.82. The van der Waals surface area contributed by atoms with Crippen LogP contribution < -0.4 is 4.74 Å². The lowest BCUT2D eigenvalue weighted by Gasteiger charge is -2.19. The first-order valence-corrected chi connectivity index (χ1v) is 9.26. The molecule has 0 saturated carbocycles. The normalized spacial score (nSPS) is 15.9. The van der Waals surface area contributed by atoms with Crippen molar-refractivity contribution in [2.24, 2.45) is 5.92 Å². The predicted molar refractivity (Wildman–Crippen MR) is 102 cm³/mol. The first-order chi connectivity index (χ1) is 12.3. The number of ether oxygens (including phenoxy) is 1. The summed E-state index contributed by atoms with van der Waals surface area (Å²) < 4.78 is 5.95. The molecule has 0 spiro atoms. The summed E-state index contributed by atoms with van der Waals surface area (Å²) in [6.45, 7) is 6.50. The molecule has 25 heavy (non-hydrogen) atoms. The highest BCUT2D eigenvalue weighted by atomic mass is 16.5. The molecule has 1 saturated heterocycles. The molecule has 1 atom stereocenters. The number of nitrogens with zero attached hydrogens (tertiary/aromatic N) is 1. The molecule has 3 rings (SSSR count). The summed E-state index contributed by atoms with van der Waals surface area (Å²) in [6, 6.07) is 15.9. The summed E-state index contributed by atoms with van der Waals surface area (Å²) in [6.07, 6.45) is 4.69. The number of likely N-dealkylation sites (tertiary alicyclic amines) is 1. The van der Waals surface area contributed by atoms with Crippen LogP contribution in [-0.2, 0) is 0 Å². The van der Waals surface area contributed by atoms with E-state index in [-0.39, 0.29) is 0 Å². The van der Waals surface area contributed by atoms with Gasteiger partial charge in [0, 0.05) is 0 Å². The maximum Gasteiger partial charge on any atom is 0.153 e. The van der Waals surface area contributed by atoms with Crippen molar-refractivity contribution in [2.45, 2.75) is 26.2 Å². The highest BCUT2D eigenvalue weighted by Gasteiger charge is 2.13. The minimum atomic E-state index is 0.480. The lowest BCUT2D eigenvalue weighted by Crippen LogP contribution is -2.23. The summed E-state index contributed by atoms with van der Waals surface area (Å²) in [5, 5.41) is 0. The van der Waals surface area contributed by atoms with Gasteiger partial charge in [0.05, 0.1) is 12.2 Å². The van der Waals surface area contributed by atoms with Gasteiger partial charge < -0.3 is 9.64 Å². The van der Waals surface area contributed by atoms with Crippen molar-refractivity contribution >= 4 is 6.29 Å². The van der Waals surface area contributed by atoms with Crippen molar-refractivity contribution < 1.29 is 9.53 Å². The van der Waals surface area contributed by atoms with Crippen LogP contribution in [0.15, 0.2) is 48.5 Å². The molecule has 1 heterocycles. The topological polar surface area (TPSA) is 29.5 Å². The monoisotopic (exact) mass is 337 g/mol. The van der Waals surface area contributed by atoms with Crippen molar-refractivity contribution in [3.8, 4) is 16.9 Å². The van der Waals surface area contributed by atoms with E-state index in [9.17, 15) is 4.79 Å². The van der Waals surface area contributed by atoms with Crippen LogP contribution in [0.1, 0.15) is 36.5 Å². The molecule has 2 aromatic rings. The van der Waals surface area contributed by atoms with E-state index in [0.29, 0.717) is 23.8 Å². The van der Waals surface area contributed by atoms with Crippen LogP contribution in [0.4, 0.5) is 0 Å². The fraction of sp³-hybridized carbons (Fsp3) is 0.409. The van der Waals surface area contributed by atoms with E-state index >= 15 is 0 Å². The van der Waals surface area contributed by atoms with Gasteiger partial charge in [0.15, 0.2) is 6.29 Å². The molecule has 1 aliphatic rings. The Bertz CT molecular complexity index is 678. The average molecular weight is 337 g/mol. The zero-order valence-electron chi connectivity index (χ0n) is 15.0. The molecule has 0 aromatic heterocycles. The molecule has 0 radical (unpaired) electrons. The molecule has 1 aliphatic heterocycles. The molecular formula is C22H27NO2. The number of carbonyl (C=O) groups is 1. The van der Waals surface area contributed by atoms with Gasteiger partial charge >= 0.3 is 0 Å². The van der Waals surface area contributed by atoms with Gasteiger partial charge in [0.25, 0.3) is 0 Å². The maximum absolute atomic E-state index is 11.5. The first-order valence-electron chi connectivity index (χ1n) is 9.26. The molecule has 0 N–H and O–H groups in total. The third-order valence-corrected chi connectivity index (χ3v) is 4.90. The molecule has 132 valence electrons. The number of hydrogen-bond donors (Lipinski definition) is 0. The molecule has 1 fully saturated rings. The Labute approximate surface area is 150 Å². The van der Waals surface area contributed by atoms with Gasteiger partial charge in [-0.25, -0.2) is 0 Å². The van der Waals surface area contributed by atoms with Gasteiger partial charge in [0.1, 0.15) is 5.75 Å². The van der Waals surface area contributed by atoms with Crippen molar-refractivity contribution in [1.29, 1.82) is 0 Å². The highest BCUT2D eigenvalue weighted by molar-refractivity contribution is 5.83. The Morgan fingerprint density at radius 1 is 1.08 bits per heavy atom. The van der Waals surface area contributed by atoms with E-state index in [1.54, 1.807) is 0 Å². The average Bonchev–Trinajstić information content (AvgIpc) is 3.19. The molecular weight excluding hydrogens is 310 g/mol. The summed E-state index contributed by atoms with van der Waals surface area (Å²) >= 11 is 0. The Morgan fingerprint density at radius 2 is 1.84 bits per heavy atom. The molecule has 1 unspecified atom stereocenters. The fourth-order valence-electron chi connectivity index (χ4n) is 3.31. The second-order valence-electron chi connectivity index (χ2n) is 6.99. The van der Waals surface area contributed by atoms with Crippen LogP contribution in [0.25, 0.3) is 11.1 Å². The molecule has 0 bridgehead atoms. The number of benzene rings is 2.